The Morgan fingerprint density at radius 3 is 0.355 bits per heavy atom. The van der Waals surface area contributed by atoms with E-state index in [0.29, 0.717) is 0 Å². The van der Waals surface area contributed by atoms with E-state index in [0.717, 1.165) is 144 Å². The van der Waals surface area contributed by atoms with E-state index in [1.54, 1.807) is 0 Å². The van der Waals surface area contributed by atoms with Gasteiger partial charge < -0.3 is 29.4 Å². The third-order valence-corrected chi connectivity index (χ3v) is 27.1. The molecular weight excluding hydrogens is 1710 g/mol. The van der Waals surface area contributed by atoms with E-state index in [4.69, 9.17) is 0 Å². The molecule has 141 heavy (non-hydrogen) atoms. The summed E-state index contributed by atoms with van der Waals surface area (Å²) in [4.78, 5) is 14.1. The van der Waals surface area contributed by atoms with Crippen LogP contribution in [0.5, 0.6) is 0 Å². The minimum atomic E-state index is 0.801. The molecule has 0 saturated carbocycles. The number of hydrogen-bond acceptors (Lipinski definition) is 6. The van der Waals surface area contributed by atoms with Crippen LogP contribution in [-0.4, -0.2) is 0 Å². The molecule has 0 fully saturated rings. The molecule has 680 valence electrons. The first kappa shape index (κ1) is 89.9. The molecule has 0 aliphatic carbocycles. The molecule has 0 spiro atoms. The molecule has 0 bridgehead atoms. The number of aryl methyl sites for hydroxylation is 8. The van der Waals surface area contributed by atoms with Crippen LogP contribution in [0.1, 0.15) is 55.6 Å². The van der Waals surface area contributed by atoms with Gasteiger partial charge in [-0.15, -0.1) is 0 Å². The zero-order chi connectivity index (χ0) is 95.5. The number of benzene rings is 21. The lowest BCUT2D eigenvalue weighted by molar-refractivity contribution is 0.959. The highest BCUT2D eigenvalue weighted by atomic mass is 15.2. The van der Waals surface area contributed by atoms with Crippen molar-refractivity contribution in [1.29, 1.82) is 0 Å². The molecule has 0 amide bonds. The average molecular weight is 1820 g/mol. The van der Waals surface area contributed by atoms with Crippen molar-refractivity contribution in [3.8, 4) is 66.8 Å². The van der Waals surface area contributed by atoms with Crippen molar-refractivity contribution in [2.75, 3.05) is 29.4 Å². The quantitative estimate of drug-likeness (QED) is 0.0462. The van der Waals surface area contributed by atoms with Crippen molar-refractivity contribution < 1.29 is 0 Å². The molecule has 0 saturated heterocycles. The van der Waals surface area contributed by atoms with Crippen LogP contribution in [-0.2, 0) is 19.3 Å². The van der Waals surface area contributed by atoms with Crippen LogP contribution in [0.3, 0.4) is 0 Å². The summed E-state index contributed by atoms with van der Waals surface area (Å²) in [5, 5.41) is 0. The van der Waals surface area contributed by atoms with Gasteiger partial charge in [0, 0.05) is 102 Å². The average Bonchev–Trinajstić information content (AvgIpc) is 0.807. The number of nitrogens with zero attached hydrogens (tertiary/aromatic N) is 6. The van der Waals surface area contributed by atoms with Crippen molar-refractivity contribution in [3.05, 3.63) is 577 Å². The summed E-state index contributed by atoms with van der Waals surface area (Å²) in [6.45, 7) is 12.8. The van der Waals surface area contributed by atoms with Crippen molar-refractivity contribution in [2.45, 2.75) is 60.8 Å². The smallest absolute Gasteiger partial charge is 0.0462 e. The van der Waals surface area contributed by atoms with Gasteiger partial charge in [-0.3, -0.25) is 0 Å². The van der Waals surface area contributed by atoms with Crippen LogP contribution in [0, 0.1) is 41.5 Å². The summed E-state index contributed by atoms with van der Waals surface area (Å²) in [7, 11) is 0. The molecule has 21 rings (SSSR count). The van der Waals surface area contributed by atoms with Gasteiger partial charge in [-0.25, -0.2) is 0 Å². The molecule has 0 aliphatic rings. The topological polar surface area (TPSA) is 19.4 Å². The summed E-state index contributed by atoms with van der Waals surface area (Å²) in [6, 6.07) is 191. The maximum absolute atomic E-state index is 2.36. The highest BCUT2D eigenvalue weighted by Gasteiger charge is 2.23. The minimum absolute atomic E-state index is 0.801. The number of anilines is 18. The minimum Gasteiger partial charge on any atom is -0.311 e. The Morgan fingerprint density at radius 2 is 0.213 bits per heavy atom. The third-order valence-electron chi connectivity index (χ3n) is 27.1. The molecule has 0 aromatic heterocycles. The Bertz CT molecular complexity index is 7680. The van der Waals surface area contributed by atoms with Crippen LogP contribution >= 0.6 is 0 Å². The van der Waals surface area contributed by atoms with Gasteiger partial charge in [0.2, 0.25) is 0 Å². The fraction of sp³-hybridized carbons (Fsp3) is 0.0667. The van der Waals surface area contributed by atoms with Gasteiger partial charge in [0.05, 0.1) is 0 Å². The largest absolute Gasteiger partial charge is 0.311 e. The summed E-state index contributed by atoms with van der Waals surface area (Å²) in [5.41, 5.74) is 46.5. The van der Waals surface area contributed by atoms with E-state index in [2.05, 4.69) is 593 Å². The van der Waals surface area contributed by atoms with Gasteiger partial charge in [-0.2, -0.15) is 0 Å². The van der Waals surface area contributed by atoms with Crippen LogP contribution < -0.4 is 29.4 Å². The Balaban J connectivity index is 0.446. The predicted molar refractivity (Wildman–Crippen MR) is 599 cm³/mol. The van der Waals surface area contributed by atoms with Crippen molar-refractivity contribution in [2.24, 2.45) is 0 Å². The molecular formula is C135H110N6. The SMILES string of the molecule is Cc1ccc(N(c2ccccc2)c2ccc(-c3ccc(-c4ccc(N(c5ccc(C)cc5)c5ccc(Cc6ccc(N(c7ccccc7)c7ccc(-c8ccc(-c9ccc(N(c%10ccc(C)cc%10)c%10ccc(CCc%11ccc(N(c%12ccc(C)cc%12)c%12ccc(-c%13ccc(-c%14ccc(N(c%15ccc(C)cc%15)c%15ccc(C)cc%15)cc%14)cc%13)cc%12)cc%11)cc%10)cc9)cc8)cc7)cc6)cc5)cc4)cc3)cc2)cc1. The van der Waals surface area contributed by atoms with Gasteiger partial charge >= 0.3 is 0 Å². The van der Waals surface area contributed by atoms with Crippen LogP contribution in [0.2, 0.25) is 0 Å². The summed E-state index contributed by atoms with van der Waals surface area (Å²) < 4.78 is 0. The van der Waals surface area contributed by atoms with E-state index < -0.39 is 0 Å². The third kappa shape index (κ3) is 20.6. The normalized spacial score (nSPS) is 11.1. The molecule has 0 N–H and O–H groups in total. The Hall–Kier alpha value is -17.6. The van der Waals surface area contributed by atoms with Gasteiger partial charge in [0.25, 0.3) is 0 Å². The van der Waals surface area contributed by atoms with E-state index in [1.807, 2.05) is 0 Å². The molecule has 0 unspecified atom stereocenters. The fourth-order valence-electron chi connectivity index (χ4n) is 19.1. The highest BCUT2D eigenvalue weighted by Crippen LogP contribution is 2.46. The predicted octanol–water partition coefficient (Wildman–Crippen LogP) is 37.7. The zero-order valence-electron chi connectivity index (χ0n) is 80.5. The zero-order valence-corrected chi connectivity index (χ0v) is 80.5. The number of hydrogen-bond donors (Lipinski definition) is 0. The van der Waals surface area contributed by atoms with Crippen molar-refractivity contribution >= 4 is 102 Å². The molecule has 21 aromatic rings. The van der Waals surface area contributed by atoms with E-state index in [-0.39, 0.29) is 0 Å². The van der Waals surface area contributed by atoms with Gasteiger partial charge in [-0.1, -0.05) is 337 Å². The van der Waals surface area contributed by atoms with Crippen molar-refractivity contribution in [3.63, 3.8) is 0 Å². The Kier molecular flexibility index (Phi) is 26.2. The van der Waals surface area contributed by atoms with Crippen molar-refractivity contribution in [1.82, 2.24) is 0 Å². The second-order valence-corrected chi connectivity index (χ2v) is 37.1. The first-order valence-corrected chi connectivity index (χ1v) is 48.9. The molecule has 0 heterocycles. The fourth-order valence-corrected chi connectivity index (χ4v) is 19.1. The lowest BCUT2D eigenvalue weighted by Crippen LogP contribution is -2.10. The summed E-state index contributed by atoms with van der Waals surface area (Å²) in [6.07, 6.45) is 2.64. The van der Waals surface area contributed by atoms with Crippen LogP contribution in [0.25, 0.3) is 66.8 Å². The van der Waals surface area contributed by atoms with Gasteiger partial charge in [0.1, 0.15) is 0 Å². The maximum atomic E-state index is 2.36. The maximum Gasteiger partial charge on any atom is 0.0462 e. The first-order valence-electron chi connectivity index (χ1n) is 48.9. The Morgan fingerprint density at radius 1 is 0.106 bits per heavy atom. The first-order chi connectivity index (χ1) is 69.3. The second kappa shape index (κ2) is 41.2. The van der Waals surface area contributed by atoms with E-state index in [1.165, 1.54) is 100 Å². The number of para-hydroxylation sites is 2. The lowest BCUT2D eigenvalue weighted by atomic mass is 9.99. The molecule has 0 radical (unpaired) electrons. The summed E-state index contributed by atoms with van der Waals surface area (Å²) in [5.74, 6) is 0. The summed E-state index contributed by atoms with van der Waals surface area (Å²) >= 11 is 0. The van der Waals surface area contributed by atoms with E-state index >= 15 is 0 Å². The molecule has 0 atom stereocenters. The Labute approximate surface area is 830 Å². The van der Waals surface area contributed by atoms with Crippen LogP contribution in [0.15, 0.2) is 522 Å². The standard InChI is InChI=1S/C135H110N6/c1-96-17-63-120(64-18-96)136(118-13-9-7-10-14-118)130-83-51-112(52-84-130)106-39-43-111(44-40-106)117-61-93-135(94-62-117)141(125-73-27-101(6)28-74-125)129-81-37-105(38-82-129)95-104-35-79-128(80-36-104)137(119-15-11-8-12-16-119)131-85-53-113(54-86-131)107-41-45-109(46-42-107)115-57-89-133(90-58-115)139(123-69-23-99(4)24-70-123)126-75-31-102(32-76-126)29-30-103-33-77-127(78-34-103)140(124-71-25-100(5)26-72-124)134-91-59-116(60-92-134)110-49-47-108(48-50-110)114-55-87-132(88-56-114)138(121-65-19-97(2)20-66-121)122-67-21-98(3)22-68-122/h7-28,31-94H,29-30,95H2,1-6H3. The second-order valence-electron chi connectivity index (χ2n) is 37.1. The van der Waals surface area contributed by atoms with Gasteiger partial charge in [0.15, 0.2) is 0 Å². The number of rotatable bonds is 29. The molecule has 0 aliphatic heterocycles. The van der Waals surface area contributed by atoms with Gasteiger partial charge in [-0.05, 0) is 368 Å². The highest BCUT2D eigenvalue weighted by molar-refractivity contribution is 5.88. The molecule has 6 nitrogen and oxygen atoms in total. The van der Waals surface area contributed by atoms with E-state index in [9.17, 15) is 0 Å². The van der Waals surface area contributed by atoms with Crippen LogP contribution in [0.4, 0.5) is 102 Å². The molecule has 6 heteroatoms. The lowest BCUT2D eigenvalue weighted by Gasteiger charge is -2.26. The molecule has 21 aromatic carbocycles. The monoisotopic (exact) mass is 1810 g/mol.